The summed E-state index contributed by atoms with van der Waals surface area (Å²) in [5.74, 6) is -0.122. The maximum atomic E-state index is 12.1. The van der Waals surface area contributed by atoms with E-state index >= 15 is 0 Å². The van der Waals surface area contributed by atoms with E-state index in [1.165, 1.54) is 4.31 Å². The number of para-hydroxylation sites is 1. The quantitative estimate of drug-likeness (QED) is 0.801. The number of rotatable bonds is 2. The minimum atomic E-state index is -0.122. The highest BCUT2D eigenvalue weighted by Crippen LogP contribution is 2.18. The smallest absolute Gasteiger partial charge is 0.268 e. The Bertz CT molecular complexity index is 525. The topological polar surface area (TPSA) is 20.3 Å². The fraction of sp³-hybridized carbons (Fsp3) is 0.0714. The van der Waals surface area contributed by atoms with E-state index in [-0.39, 0.29) is 5.91 Å². The molecule has 2 aromatic carbocycles. The first kappa shape index (κ1) is 11.7. The zero-order valence-electron chi connectivity index (χ0n) is 9.50. The first-order valence-corrected chi connectivity index (χ1v) is 5.73. The van der Waals surface area contributed by atoms with Crippen molar-refractivity contribution in [1.29, 1.82) is 0 Å². The number of hydrogen-bond donors (Lipinski definition) is 1. The number of carbonyl (C=O) groups excluding carboxylic acids is 1. The number of thiol groups is 1. The molecule has 1 amide bonds. The summed E-state index contributed by atoms with van der Waals surface area (Å²) in [5.41, 5.74) is 2.47. The van der Waals surface area contributed by atoms with E-state index in [1.54, 1.807) is 6.07 Å². The molecule has 0 saturated carbocycles. The Morgan fingerprint density at radius 3 is 2.41 bits per heavy atom. The van der Waals surface area contributed by atoms with Crippen molar-refractivity contribution in [2.75, 3.05) is 4.31 Å². The second kappa shape index (κ2) is 5.06. The lowest BCUT2D eigenvalue weighted by Gasteiger charge is -2.15. The average Bonchev–Trinajstić information content (AvgIpc) is 2.38. The normalized spacial score (nSPS) is 10.0. The molecule has 0 aliphatic heterocycles. The molecule has 2 nitrogen and oxygen atoms in total. The molecule has 2 rings (SSSR count). The predicted molar refractivity (Wildman–Crippen MR) is 73.4 cm³/mol. The second-order valence-corrected chi connectivity index (χ2v) is 4.22. The van der Waals surface area contributed by atoms with Gasteiger partial charge in [-0.15, -0.1) is 0 Å². The lowest BCUT2D eigenvalue weighted by molar-refractivity contribution is 0.101. The molecule has 0 radical (unpaired) electrons. The molecule has 0 aromatic heterocycles. The molecular formula is C14H13NOS. The maximum Gasteiger partial charge on any atom is 0.268 e. The van der Waals surface area contributed by atoms with Crippen LogP contribution in [0.2, 0.25) is 0 Å². The molecule has 17 heavy (non-hydrogen) atoms. The number of hydrogen-bond acceptors (Lipinski definition) is 2. The van der Waals surface area contributed by atoms with Crippen LogP contribution in [0.4, 0.5) is 5.69 Å². The number of aryl methyl sites for hydroxylation is 1. The van der Waals surface area contributed by atoms with E-state index in [2.05, 4.69) is 12.8 Å². The van der Waals surface area contributed by atoms with Gasteiger partial charge in [0.2, 0.25) is 0 Å². The molecule has 0 atom stereocenters. The van der Waals surface area contributed by atoms with Gasteiger partial charge in [0.1, 0.15) is 0 Å². The standard InChI is InChI=1S/C14H13NOS/c1-11-6-5-7-12(10-11)14(16)15(17)13-8-3-2-4-9-13/h2-10,17H,1H3. The van der Waals surface area contributed by atoms with Gasteiger partial charge >= 0.3 is 0 Å². The fourth-order valence-corrected chi connectivity index (χ4v) is 1.84. The molecule has 0 spiro atoms. The molecule has 86 valence electrons. The third-order valence-corrected chi connectivity index (χ3v) is 2.87. The van der Waals surface area contributed by atoms with Gasteiger partial charge in [-0.25, -0.2) is 0 Å². The summed E-state index contributed by atoms with van der Waals surface area (Å²) >= 11 is 4.24. The molecular weight excluding hydrogens is 230 g/mol. The highest BCUT2D eigenvalue weighted by atomic mass is 32.1. The van der Waals surface area contributed by atoms with Crippen molar-refractivity contribution in [3.05, 3.63) is 65.7 Å². The van der Waals surface area contributed by atoms with Gasteiger partial charge in [0.05, 0.1) is 5.69 Å². The van der Waals surface area contributed by atoms with Crippen LogP contribution in [-0.4, -0.2) is 5.91 Å². The SMILES string of the molecule is Cc1cccc(C(=O)N(S)c2ccccc2)c1. The Hall–Kier alpha value is -1.74. The molecule has 0 aliphatic carbocycles. The van der Waals surface area contributed by atoms with Crippen LogP contribution in [0.1, 0.15) is 15.9 Å². The van der Waals surface area contributed by atoms with Crippen LogP contribution in [0.3, 0.4) is 0 Å². The largest absolute Gasteiger partial charge is 0.268 e. The van der Waals surface area contributed by atoms with Crippen molar-refractivity contribution < 1.29 is 4.79 Å². The minimum Gasteiger partial charge on any atom is -0.268 e. The Morgan fingerprint density at radius 2 is 1.76 bits per heavy atom. The van der Waals surface area contributed by atoms with E-state index in [4.69, 9.17) is 0 Å². The Kier molecular flexibility index (Phi) is 3.49. The zero-order chi connectivity index (χ0) is 12.3. The van der Waals surface area contributed by atoms with Crippen molar-refractivity contribution >= 4 is 24.4 Å². The van der Waals surface area contributed by atoms with Crippen LogP contribution in [-0.2, 0) is 0 Å². The summed E-state index contributed by atoms with van der Waals surface area (Å²) in [4.78, 5) is 12.1. The van der Waals surface area contributed by atoms with E-state index in [0.717, 1.165) is 11.3 Å². The molecule has 0 N–H and O–H groups in total. The fourth-order valence-electron chi connectivity index (χ4n) is 1.59. The van der Waals surface area contributed by atoms with Crippen LogP contribution in [0, 0.1) is 6.92 Å². The molecule has 2 aromatic rings. The monoisotopic (exact) mass is 243 g/mol. The summed E-state index contributed by atoms with van der Waals surface area (Å²) in [5, 5.41) is 0. The molecule has 0 aliphatic rings. The van der Waals surface area contributed by atoms with Crippen molar-refractivity contribution in [3.63, 3.8) is 0 Å². The van der Waals surface area contributed by atoms with Gasteiger partial charge in [0.15, 0.2) is 0 Å². The second-order valence-electron chi connectivity index (χ2n) is 3.82. The van der Waals surface area contributed by atoms with Gasteiger partial charge in [-0.3, -0.25) is 9.10 Å². The van der Waals surface area contributed by atoms with E-state index in [1.807, 2.05) is 55.5 Å². The summed E-state index contributed by atoms with van der Waals surface area (Å²) in [6, 6.07) is 16.8. The van der Waals surface area contributed by atoms with Gasteiger partial charge in [-0.05, 0) is 31.2 Å². The van der Waals surface area contributed by atoms with Gasteiger partial charge in [0, 0.05) is 5.56 Å². The maximum absolute atomic E-state index is 12.1. The minimum absolute atomic E-state index is 0.122. The van der Waals surface area contributed by atoms with Gasteiger partial charge in [-0.2, -0.15) is 0 Å². The first-order valence-electron chi connectivity index (χ1n) is 5.33. The molecule has 0 heterocycles. The number of amides is 1. The number of nitrogens with zero attached hydrogens (tertiary/aromatic N) is 1. The molecule has 0 saturated heterocycles. The van der Waals surface area contributed by atoms with Crippen molar-refractivity contribution in [2.45, 2.75) is 6.92 Å². The van der Waals surface area contributed by atoms with Crippen LogP contribution in [0.15, 0.2) is 54.6 Å². The third kappa shape index (κ3) is 2.68. The molecule has 0 bridgehead atoms. The van der Waals surface area contributed by atoms with E-state index < -0.39 is 0 Å². The Balaban J connectivity index is 2.27. The molecule has 0 unspecified atom stereocenters. The van der Waals surface area contributed by atoms with Crippen LogP contribution >= 0.6 is 12.8 Å². The van der Waals surface area contributed by atoms with Crippen LogP contribution in [0.5, 0.6) is 0 Å². The molecule has 3 heteroatoms. The van der Waals surface area contributed by atoms with Crippen molar-refractivity contribution in [3.8, 4) is 0 Å². The Labute approximate surface area is 106 Å². The summed E-state index contributed by atoms with van der Waals surface area (Å²) in [6.45, 7) is 1.96. The number of benzene rings is 2. The predicted octanol–water partition coefficient (Wildman–Crippen LogP) is 3.49. The highest BCUT2D eigenvalue weighted by molar-refractivity contribution is 7.82. The number of anilines is 1. The van der Waals surface area contributed by atoms with Crippen LogP contribution < -0.4 is 4.31 Å². The average molecular weight is 243 g/mol. The van der Waals surface area contributed by atoms with E-state index in [9.17, 15) is 4.79 Å². The third-order valence-electron chi connectivity index (χ3n) is 2.46. The lowest BCUT2D eigenvalue weighted by Crippen LogP contribution is -2.20. The Morgan fingerprint density at radius 1 is 1.06 bits per heavy atom. The summed E-state index contributed by atoms with van der Waals surface area (Å²) < 4.78 is 1.36. The van der Waals surface area contributed by atoms with Gasteiger partial charge < -0.3 is 0 Å². The van der Waals surface area contributed by atoms with Crippen molar-refractivity contribution in [2.24, 2.45) is 0 Å². The zero-order valence-corrected chi connectivity index (χ0v) is 10.4. The molecule has 0 fully saturated rings. The van der Waals surface area contributed by atoms with Gasteiger partial charge in [0.25, 0.3) is 5.91 Å². The van der Waals surface area contributed by atoms with Crippen LogP contribution in [0.25, 0.3) is 0 Å². The lowest BCUT2D eigenvalue weighted by atomic mass is 10.1. The first-order chi connectivity index (χ1) is 8.18. The summed E-state index contributed by atoms with van der Waals surface area (Å²) in [7, 11) is 0. The highest BCUT2D eigenvalue weighted by Gasteiger charge is 2.13. The number of carbonyl (C=O) groups is 1. The van der Waals surface area contributed by atoms with E-state index in [0.29, 0.717) is 5.56 Å². The van der Waals surface area contributed by atoms with Gasteiger partial charge in [-0.1, -0.05) is 48.7 Å². The summed E-state index contributed by atoms with van der Waals surface area (Å²) in [6.07, 6.45) is 0. The van der Waals surface area contributed by atoms with Crippen molar-refractivity contribution in [1.82, 2.24) is 0 Å².